The third-order valence-corrected chi connectivity index (χ3v) is 2.32. The molecule has 0 spiro atoms. The maximum absolute atomic E-state index is 12.7. The van der Waals surface area contributed by atoms with Crippen molar-refractivity contribution in [2.24, 2.45) is 0 Å². The largest absolute Gasteiger partial charge is 0.390 e. The van der Waals surface area contributed by atoms with Gasteiger partial charge in [-0.05, 0) is 18.2 Å². The Bertz CT molecular complexity index is 570. The van der Waals surface area contributed by atoms with Crippen LogP contribution in [0.15, 0.2) is 18.2 Å². The van der Waals surface area contributed by atoms with Crippen LogP contribution in [-0.2, 0) is 0 Å². The van der Waals surface area contributed by atoms with Crippen molar-refractivity contribution in [3.05, 3.63) is 23.8 Å². The smallest absolute Gasteiger partial charge is 0.287 e. The van der Waals surface area contributed by atoms with Crippen molar-refractivity contribution in [1.29, 1.82) is 0 Å². The van der Waals surface area contributed by atoms with Gasteiger partial charge in [0.25, 0.3) is 11.8 Å². The summed E-state index contributed by atoms with van der Waals surface area (Å²) in [5.74, 6) is -3.98. The third kappa shape index (κ3) is 2.59. The van der Waals surface area contributed by atoms with Crippen molar-refractivity contribution in [1.82, 2.24) is 20.7 Å². The lowest BCUT2D eigenvalue weighted by molar-refractivity contribution is -0.0462. The van der Waals surface area contributed by atoms with Crippen LogP contribution in [0.4, 0.5) is 8.78 Å². The number of fused-ring (bicyclic) bond motifs is 1. The normalized spacial score (nSPS) is 11.7. The lowest BCUT2D eigenvalue weighted by atomic mass is 10.2. The van der Waals surface area contributed by atoms with Gasteiger partial charge in [-0.3, -0.25) is 4.79 Å². The summed E-state index contributed by atoms with van der Waals surface area (Å²) >= 11 is 0. The minimum atomic E-state index is -3.33. The Morgan fingerprint density at radius 1 is 1.39 bits per heavy atom. The molecule has 1 aromatic heterocycles. The summed E-state index contributed by atoms with van der Waals surface area (Å²) in [5.41, 5.74) is 1.24. The summed E-state index contributed by atoms with van der Waals surface area (Å²) in [5, 5.41) is 20.4. The van der Waals surface area contributed by atoms with E-state index in [4.69, 9.17) is 5.11 Å². The molecule has 0 aliphatic rings. The van der Waals surface area contributed by atoms with Crippen LogP contribution >= 0.6 is 0 Å². The number of aliphatic hydroxyl groups excluding tert-OH is 1. The number of nitrogens with zero attached hydrogens (tertiary/aromatic N) is 2. The first-order valence-electron chi connectivity index (χ1n) is 5.09. The van der Waals surface area contributed by atoms with Crippen LogP contribution in [0, 0.1) is 0 Å². The highest BCUT2D eigenvalue weighted by Crippen LogP contribution is 2.12. The van der Waals surface area contributed by atoms with Crippen LogP contribution in [0.2, 0.25) is 0 Å². The monoisotopic (exact) mass is 256 g/mol. The molecule has 0 bridgehead atoms. The molecule has 6 nitrogen and oxygen atoms in total. The van der Waals surface area contributed by atoms with Crippen LogP contribution in [0.25, 0.3) is 11.0 Å². The number of halogens is 2. The molecule has 18 heavy (non-hydrogen) atoms. The number of aromatic nitrogens is 3. The fraction of sp³-hybridized carbons (Fsp3) is 0.300. The second-order valence-corrected chi connectivity index (χ2v) is 3.72. The average molecular weight is 256 g/mol. The van der Waals surface area contributed by atoms with Crippen LogP contribution in [0.5, 0.6) is 0 Å². The zero-order valence-corrected chi connectivity index (χ0v) is 9.15. The first kappa shape index (κ1) is 12.4. The summed E-state index contributed by atoms with van der Waals surface area (Å²) in [6.45, 7) is -2.23. The molecule has 2 rings (SSSR count). The molecule has 0 atom stereocenters. The van der Waals surface area contributed by atoms with Gasteiger partial charge in [0.05, 0.1) is 6.54 Å². The number of rotatable bonds is 4. The Labute approximate surface area is 100.0 Å². The number of alkyl halides is 2. The zero-order valence-electron chi connectivity index (χ0n) is 9.15. The lowest BCUT2D eigenvalue weighted by Gasteiger charge is -2.13. The van der Waals surface area contributed by atoms with Gasteiger partial charge in [-0.2, -0.15) is 15.4 Å². The van der Waals surface area contributed by atoms with Crippen LogP contribution in [0.1, 0.15) is 10.4 Å². The first-order chi connectivity index (χ1) is 8.52. The highest BCUT2D eigenvalue weighted by atomic mass is 19.3. The van der Waals surface area contributed by atoms with Crippen molar-refractivity contribution in [2.75, 3.05) is 13.2 Å². The second kappa shape index (κ2) is 4.65. The van der Waals surface area contributed by atoms with Gasteiger partial charge < -0.3 is 10.4 Å². The molecule has 0 fully saturated rings. The van der Waals surface area contributed by atoms with E-state index in [1.54, 1.807) is 6.07 Å². The predicted octanol–water partition coefficient (Wildman–Crippen LogP) is 0.315. The Morgan fingerprint density at radius 3 is 2.83 bits per heavy atom. The molecule has 1 aromatic carbocycles. The highest BCUT2D eigenvalue weighted by molar-refractivity contribution is 5.97. The van der Waals surface area contributed by atoms with E-state index in [0.717, 1.165) is 0 Å². The molecule has 0 unspecified atom stereocenters. The number of carbonyl (C=O) groups is 1. The van der Waals surface area contributed by atoms with Crippen molar-refractivity contribution in [3.63, 3.8) is 0 Å². The molecule has 1 heterocycles. The van der Waals surface area contributed by atoms with E-state index in [0.29, 0.717) is 11.0 Å². The molecular formula is C10H10F2N4O2. The number of benzene rings is 1. The maximum Gasteiger partial charge on any atom is 0.287 e. The maximum atomic E-state index is 12.7. The topological polar surface area (TPSA) is 90.9 Å². The van der Waals surface area contributed by atoms with E-state index >= 15 is 0 Å². The Hall–Kier alpha value is -2.09. The average Bonchev–Trinajstić information content (AvgIpc) is 2.83. The van der Waals surface area contributed by atoms with E-state index in [1.165, 1.54) is 12.1 Å². The number of H-pyrrole nitrogens is 1. The van der Waals surface area contributed by atoms with Crippen LogP contribution < -0.4 is 5.32 Å². The number of amides is 1. The standard InChI is InChI=1S/C10H10F2N4O2/c11-10(12,5-17)4-13-9(18)6-1-2-7-8(3-6)15-16-14-7/h1-3,17H,4-5H2,(H,13,18)(H,14,15,16). The van der Waals surface area contributed by atoms with Gasteiger partial charge in [-0.25, -0.2) is 8.78 Å². The number of aromatic amines is 1. The van der Waals surface area contributed by atoms with Gasteiger partial charge in [0.1, 0.15) is 17.6 Å². The van der Waals surface area contributed by atoms with Gasteiger partial charge in [0.2, 0.25) is 0 Å². The SMILES string of the molecule is O=C(NCC(F)(F)CO)c1ccc2n[nH]nc2c1. The Balaban J connectivity index is 2.08. The summed E-state index contributed by atoms with van der Waals surface area (Å²) in [6, 6.07) is 4.44. The number of hydrogen-bond acceptors (Lipinski definition) is 4. The van der Waals surface area contributed by atoms with Crippen molar-refractivity contribution < 1.29 is 18.7 Å². The quantitative estimate of drug-likeness (QED) is 0.734. The molecule has 96 valence electrons. The molecule has 1 amide bonds. The number of aliphatic hydroxyl groups is 1. The van der Waals surface area contributed by atoms with E-state index < -0.39 is 25.0 Å². The summed E-state index contributed by atoms with van der Waals surface area (Å²) in [6.07, 6.45) is 0. The summed E-state index contributed by atoms with van der Waals surface area (Å²) in [4.78, 5) is 11.6. The third-order valence-electron chi connectivity index (χ3n) is 2.32. The van der Waals surface area contributed by atoms with Crippen LogP contribution in [-0.4, -0.2) is 45.5 Å². The fourth-order valence-corrected chi connectivity index (χ4v) is 1.35. The fourth-order valence-electron chi connectivity index (χ4n) is 1.35. The lowest BCUT2D eigenvalue weighted by Crippen LogP contribution is -2.38. The van der Waals surface area contributed by atoms with Gasteiger partial charge in [0, 0.05) is 5.56 Å². The number of carbonyl (C=O) groups excluding carboxylic acids is 1. The summed E-state index contributed by atoms with van der Waals surface area (Å²) < 4.78 is 25.5. The second-order valence-electron chi connectivity index (χ2n) is 3.72. The van der Waals surface area contributed by atoms with Crippen molar-refractivity contribution in [3.8, 4) is 0 Å². The van der Waals surface area contributed by atoms with Crippen LogP contribution in [0.3, 0.4) is 0 Å². The number of hydrogen-bond donors (Lipinski definition) is 3. The van der Waals surface area contributed by atoms with E-state index in [1.807, 2.05) is 5.32 Å². The molecule has 0 saturated heterocycles. The zero-order chi connectivity index (χ0) is 13.2. The molecule has 0 aliphatic heterocycles. The predicted molar refractivity (Wildman–Crippen MR) is 58.3 cm³/mol. The molecular weight excluding hydrogens is 246 g/mol. The Kier molecular flexibility index (Phi) is 3.19. The minimum Gasteiger partial charge on any atom is -0.390 e. The molecule has 0 aliphatic carbocycles. The summed E-state index contributed by atoms with van der Waals surface area (Å²) in [7, 11) is 0. The van der Waals surface area contributed by atoms with E-state index in [2.05, 4.69) is 15.4 Å². The van der Waals surface area contributed by atoms with Crippen molar-refractivity contribution >= 4 is 16.9 Å². The molecule has 3 N–H and O–H groups in total. The Morgan fingerprint density at radius 2 is 2.11 bits per heavy atom. The van der Waals surface area contributed by atoms with Gasteiger partial charge >= 0.3 is 0 Å². The molecule has 8 heteroatoms. The van der Waals surface area contributed by atoms with Crippen molar-refractivity contribution in [2.45, 2.75) is 5.92 Å². The molecule has 0 radical (unpaired) electrons. The molecule has 2 aromatic rings. The molecule has 0 saturated carbocycles. The number of nitrogens with one attached hydrogen (secondary N) is 2. The van der Waals surface area contributed by atoms with Gasteiger partial charge in [0.15, 0.2) is 0 Å². The van der Waals surface area contributed by atoms with Gasteiger partial charge in [-0.1, -0.05) is 0 Å². The van der Waals surface area contributed by atoms with E-state index in [9.17, 15) is 13.6 Å². The highest BCUT2D eigenvalue weighted by Gasteiger charge is 2.28. The minimum absolute atomic E-state index is 0.199. The van der Waals surface area contributed by atoms with Gasteiger partial charge in [-0.15, -0.1) is 0 Å². The van der Waals surface area contributed by atoms with E-state index in [-0.39, 0.29) is 5.56 Å². The first-order valence-corrected chi connectivity index (χ1v) is 5.09.